The van der Waals surface area contributed by atoms with E-state index in [0.29, 0.717) is 30.7 Å². The van der Waals surface area contributed by atoms with Crippen LogP contribution in [0, 0.1) is 0 Å². The molecule has 2 aromatic carbocycles. The maximum absolute atomic E-state index is 12.6. The molecule has 3 rings (SSSR count). The first kappa shape index (κ1) is 21.4. The molecule has 0 fully saturated rings. The second-order valence-electron chi connectivity index (χ2n) is 6.23. The van der Waals surface area contributed by atoms with Crippen LogP contribution in [0.15, 0.2) is 47.4 Å². The number of carbonyl (C=O) groups is 1. The highest BCUT2D eigenvalue weighted by atomic mass is 32.2. The number of benzene rings is 2. The summed E-state index contributed by atoms with van der Waals surface area (Å²) in [4.78, 5) is 18.8. The second-order valence-corrected chi connectivity index (χ2v) is 7.78. The van der Waals surface area contributed by atoms with Crippen LogP contribution in [0.4, 0.5) is 16.4 Å². The third kappa shape index (κ3) is 5.39. The number of methoxy groups -OCH3 is 1. The number of nitrogens with one attached hydrogen (secondary N) is 4. The van der Waals surface area contributed by atoms with Crippen LogP contribution in [0.3, 0.4) is 0 Å². The number of hydrogen-bond acceptors (Lipinski definition) is 7. The summed E-state index contributed by atoms with van der Waals surface area (Å²) in [5.74, 6) is 0.366. The van der Waals surface area contributed by atoms with E-state index < -0.39 is 16.1 Å². The van der Waals surface area contributed by atoms with Crippen LogP contribution in [0.25, 0.3) is 11.0 Å². The number of amides is 2. The molecule has 0 radical (unpaired) electrons. The van der Waals surface area contributed by atoms with Gasteiger partial charge in [0.15, 0.2) is 0 Å². The SMILES string of the molecule is CCNC(=O)Nc1nc2ccc(OS(=O)(=O)c3ccc(NCCOC)cc3)cc2[nH]1. The van der Waals surface area contributed by atoms with E-state index in [1.54, 1.807) is 32.2 Å². The maximum atomic E-state index is 12.6. The van der Waals surface area contributed by atoms with E-state index in [-0.39, 0.29) is 16.6 Å². The topological polar surface area (TPSA) is 134 Å². The van der Waals surface area contributed by atoms with Gasteiger partial charge in [-0.3, -0.25) is 5.32 Å². The van der Waals surface area contributed by atoms with E-state index in [0.717, 1.165) is 5.69 Å². The fraction of sp³-hybridized carbons (Fsp3) is 0.263. The highest BCUT2D eigenvalue weighted by Crippen LogP contribution is 2.24. The molecule has 0 aliphatic carbocycles. The van der Waals surface area contributed by atoms with Gasteiger partial charge in [0.25, 0.3) is 0 Å². The molecule has 0 atom stereocenters. The molecule has 0 unspecified atom stereocenters. The summed E-state index contributed by atoms with van der Waals surface area (Å²) in [5.41, 5.74) is 1.85. The van der Waals surface area contributed by atoms with Crippen LogP contribution < -0.4 is 20.1 Å². The Morgan fingerprint density at radius 3 is 2.63 bits per heavy atom. The Kier molecular flexibility index (Phi) is 6.75. The Morgan fingerprint density at radius 2 is 1.93 bits per heavy atom. The van der Waals surface area contributed by atoms with Gasteiger partial charge in [-0.25, -0.2) is 9.78 Å². The fourth-order valence-electron chi connectivity index (χ4n) is 2.62. The molecule has 2 amide bonds. The average Bonchev–Trinajstić information content (AvgIpc) is 3.10. The first-order valence-corrected chi connectivity index (χ1v) is 10.6. The van der Waals surface area contributed by atoms with Crippen LogP contribution in [0.2, 0.25) is 0 Å². The zero-order valence-corrected chi connectivity index (χ0v) is 17.4. The van der Waals surface area contributed by atoms with Crippen LogP contribution in [-0.4, -0.2) is 51.2 Å². The molecule has 0 aliphatic heterocycles. The van der Waals surface area contributed by atoms with Crippen LogP contribution in [0.1, 0.15) is 6.92 Å². The lowest BCUT2D eigenvalue weighted by atomic mass is 10.3. The van der Waals surface area contributed by atoms with Crippen molar-refractivity contribution >= 4 is 38.8 Å². The number of anilines is 2. The summed E-state index contributed by atoms with van der Waals surface area (Å²) in [6.45, 7) is 3.43. The van der Waals surface area contributed by atoms with E-state index in [2.05, 4.69) is 25.9 Å². The Morgan fingerprint density at radius 1 is 1.17 bits per heavy atom. The van der Waals surface area contributed by atoms with Gasteiger partial charge in [0.1, 0.15) is 10.6 Å². The number of fused-ring (bicyclic) bond motifs is 1. The van der Waals surface area contributed by atoms with Gasteiger partial charge in [-0.15, -0.1) is 0 Å². The smallest absolute Gasteiger partial charge is 0.339 e. The molecule has 0 bridgehead atoms. The Balaban J connectivity index is 1.71. The lowest BCUT2D eigenvalue weighted by molar-refractivity contribution is 0.211. The van der Waals surface area contributed by atoms with Crippen molar-refractivity contribution in [3.05, 3.63) is 42.5 Å². The molecule has 0 aliphatic rings. The van der Waals surface area contributed by atoms with Crippen molar-refractivity contribution in [3.63, 3.8) is 0 Å². The number of carbonyl (C=O) groups excluding carboxylic acids is 1. The van der Waals surface area contributed by atoms with E-state index >= 15 is 0 Å². The van der Waals surface area contributed by atoms with Gasteiger partial charge in [-0.1, -0.05) is 0 Å². The summed E-state index contributed by atoms with van der Waals surface area (Å²) in [6.07, 6.45) is 0. The van der Waals surface area contributed by atoms with Crippen molar-refractivity contribution in [2.24, 2.45) is 0 Å². The quantitative estimate of drug-likeness (QED) is 0.301. The van der Waals surface area contributed by atoms with Gasteiger partial charge < -0.3 is 24.5 Å². The molecule has 1 heterocycles. The summed E-state index contributed by atoms with van der Waals surface area (Å²) in [5, 5.41) is 8.26. The van der Waals surface area contributed by atoms with Crippen molar-refractivity contribution < 1.29 is 22.1 Å². The zero-order valence-electron chi connectivity index (χ0n) is 16.6. The summed E-state index contributed by atoms with van der Waals surface area (Å²) >= 11 is 0. The molecule has 10 nitrogen and oxygen atoms in total. The summed E-state index contributed by atoms with van der Waals surface area (Å²) in [6, 6.07) is 10.5. The lowest BCUT2D eigenvalue weighted by Gasteiger charge is -2.09. The van der Waals surface area contributed by atoms with Gasteiger partial charge in [0.2, 0.25) is 5.95 Å². The number of nitrogens with zero attached hydrogens (tertiary/aromatic N) is 1. The van der Waals surface area contributed by atoms with E-state index in [1.807, 2.05) is 0 Å². The standard InChI is InChI=1S/C19H23N5O5S/c1-3-20-19(25)24-18-22-16-9-6-14(12-17(16)23-18)29-30(26,27)15-7-4-13(5-8-15)21-10-11-28-2/h4-9,12,21H,3,10-11H2,1-2H3,(H3,20,22,23,24,25). The molecular formula is C19H23N5O5S. The van der Waals surface area contributed by atoms with Gasteiger partial charge in [0.05, 0.1) is 17.6 Å². The Hall–Kier alpha value is -3.31. The average molecular weight is 433 g/mol. The number of rotatable bonds is 9. The Labute approximate surface area is 174 Å². The van der Waals surface area contributed by atoms with E-state index in [9.17, 15) is 13.2 Å². The number of hydrogen-bond donors (Lipinski definition) is 4. The second kappa shape index (κ2) is 9.46. The molecule has 1 aromatic heterocycles. The molecule has 11 heteroatoms. The highest BCUT2D eigenvalue weighted by Gasteiger charge is 2.17. The number of imidazole rings is 1. The number of aromatic nitrogens is 2. The third-order valence-corrected chi connectivity index (χ3v) is 5.27. The van der Waals surface area contributed by atoms with Crippen LogP contribution in [-0.2, 0) is 14.9 Å². The van der Waals surface area contributed by atoms with Crippen molar-refractivity contribution in [3.8, 4) is 5.75 Å². The van der Waals surface area contributed by atoms with Crippen molar-refractivity contribution in [1.29, 1.82) is 0 Å². The molecule has 0 saturated carbocycles. The Bertz CT molecular complexity index is 1110. The number of H-pyrrole nitrogens is 1. The number of urea groups is 1. The maximum Gasteiger partial charge on any atom is 0.339 e. The zero-order chi connectivity index (χ0) is 21.6. The predicted octanol–water partition coefficient (Wildman–Crippen LogP) is 2.53. The third-order valence-electron chi connectivity index (χ3n) is 4.01. The van der Waals surface area contributed by atoms with Crippen molar-refractivity contribution in [2.45, 2.75) is 11.8 Å². The van der Waals surface area contributed by atoms with E-state index in [1.165, 1.54) is 24.3 Å². The van der Waals surface area contributed by atoms with Crippen LogP contribution >= 0.6 is 0 Å². The van der Waals surface area contributed by atoms with Gasteiger partial charge >= 0.3 is 16.1 Å². The normalized spacial score (nSPS) is 11.3. The highest BCUT2D eigenvalue weighted by molar-refractivity contribution is 7.87. The predicted molar refractivity (Wildman–Crippen MR) is 113 cm³/mol. The summed E-state index contributed by atoms with van der Waals surface area (Å²) in [7, 11) is -2.40. The lowest BCUT2D eigenvalue weighted by Crippen LogP contribution is -2.28. The minimum absolute atomic E-state index is 0.0306. The first-order chi connectivity index (χ1) is 14.4. The molecule has 0 saturated heterocycles. The first-order valence-electron chi connectivity index (χ1n) is 9.23. The van der Waals surface area contributed by atoms with Crippen LogP contribution in [0.5, 0.6) is 5.75 Å². The molecule has 4 N–H and O–H groups in total. The monoisotopic (exact) mass is 433 g/mol. The number of ether oxygens (including phenoxy) is 1. The molecular weight excluding hydrogens is 410 g/mol. The molecule has 160 valence electrons. The minimum Gasteiger partial charge on any atom is -0.383 e. The van der Waals surface area contributed by atoms with Gasteiger partial charge in [-0.2, -0.15) is 8.42 Å². The van der Waals surface area contributed by atoms with Crippen molar-refractivity contribution in [2.75, 3.05) is 37.4 Å². The fourth-order valence-corrected chi connectivity index (χ4v) is 3.55. The number of aromatic amines is 1. The summed E-state index contributed by atoms with van der Waals surface area (Å²) < 4.78 is 35.4. The molecule has 0 spiro atoms. The van der Waals surface area contributed by atoms with E-state index in [4.69, 9.17) is 8.92 Å². The van der Waals surface area contributed by atoms with Gasteiger partial charge in [0, 0.05) is 32.0 Å². The van der Waals surface area contributed by atoms with Crippen molar-refractivity contribution in [1.82, 2.24) is 15.3 Å². The molecule has 3 aromatic rings. The molecule has 30 heavy (non-hydrogen) atoms. The van der Waals surface area contributed by atoms with Gasteiger partial charge in [-0.05, 0) is 43.3 Å². The minimum atomic E-state index is -4.01. The largest absolute Gasteiger partial charge is 0.383 e.